The number of fused-ring (bicyclic) bond motifs is 5. The largest absolute Gasteiger partial charge is 0.508 e. The van der Waals surface area contributed by atoms with Gasteiger partial charge in [0, 0.05) is 6.42 Å². The van der Waals surface area contributed by atoms with Gasteiger partial charge in [0.2, 0.25) is 0 Å². The maximum Gasteiger partial charge on any atom is 0.508 e. The van der Waals surface area contributed by atoms with Crippen molar-refractivity contribution < 1.29 is 14.3 Å². The first-order valence-corrected chi connectivity index (χ1v) is 15.6. The van der Waals surface area contributed by atoms with E-state index in [-0.39, 0.29) is 6.10 Å². The number of hydrogen-bond donors (Lipinski definition) is 0. The average Bonchev–Trinajstić information content (AvgIpc) is 3.19. The summed E-state index contributed by atoms with van der Waals surface area (Å²) < 4.78 is 11.2. The van der Waals surface area contributed by atoms with E-state index in [1.54, 1.807) is 5.57 Å². The monoisotopic (exact) mass is 500 g/mol. The highest BCUT2D eigenvalue weighted by Gasteiger charge is 2.59. The quantitative estimate of drug-likeness (QED) is 0.233. The number of carbonyl (C=O) groups is 1. The Morgan fingerprint density at radius 2 is 1.81 bits per heavy atom. The van der Waals surface area contributed by atoms with Crippen molar-refractivity contribution in [3.8, 4) is 0 Å². The van der Waals surface area contributed by atoms with E-state index in [1.165, 1.54) is 51.4 Å². The lowest BCUT2D eigenvalue weighted by Gasteiger charge is -2.58. The average molecular weight is 501 g/mol. The van der Waals surface area contributed by atoms with Crippen LogP contribution in [0.4, 0.5) is 4.79 Å². The first-order valence-electron chi connectivity index (χ1n) is 15.6. The van der Waals surface area contributed by atoms with Crippen LogP contribution < -0.4 is 0 Å². The molecule has 0 bridgehead atoms. The zero-order valence-electron chi connectivity index (χ0n) is 24.6. The lowest BCUT2D eigenvalue weighted by atomic mass is 9.47. The van der Waals surface area contributed by atoms with Gasteiger partial charge in [0.25, 0.3) is 0 Å². The van der Waals surface area contributed by atoms with Crippen molar-refractivity contribution >= 4 is 6.16 Å². The minimum absolute atomic E-state index is 0.0123. The van der Waals surface area contributed by atoms with Gasteiger partial charge < -0.3 is 9.47 Å². The summed E-state index contributed by atoms with van der Waals surface area (Å²) in [6, 6.07) is 0. The lowest BCUT2D eigenvalue weighted by molar-refractivity contribution is -0.0621. The van der Waals surface area contributed by atoms with Crippen LogP contribution in [-0.2, 0) is 9.47 Å². The summed E-state index contributed by atoms with van der Waals surface area (Å²) in [4.78, 5) is 12.3. The Morgan fingerprint density at radius 3 is 2.53 bits per heavy atom. The molecule has 4 aliphatic rings. The van der Waals surface area contributed by atoms with Crippen LogP contribution in [0.15, 0.2) is 11.6 Å². The number of carbonyl (C=O) groups excluding carboxylic acids is 1. The summed E-state index contributed by atoms with van der Waals surface area (Å²) in [6.07, 6.45) is 17.3. The number of hydrogen-bond acceptors (Lipinski definition) is 3. The molecule has 0 N–H and O–H groups in total. The molecule has 0 aromatic heterocycles. The molecule has 0 heterocycles. The molecule has 0 aliphatic heterocycles. The molecule has 0 unspecified atom stereocenters. The van der Waals surface area contributed by atoms with E-state index in [4.69, 9.17) is 9.47 Å². The third kappa shape index (κ3) is 5.56. The van der Waals surface area contributed by atoms with E-state index in [0.717, 1.165) is 61.2 Å². The summed E-state index contributed by atoms with van der Waals surface area (Å²) in [5.41, 5.74) is 2.42. The molecular weight excluding hydrogens is 444 g/mol. The van der Waals surface area contributed by atoms with E-state index in [0.29, 0.717) is 23.4 Å². The molecule has 3 nitrogen and oxygen atoms in total. The van der Waals surface area contributed by atoms with Crippen molar-refractivity contribution in [3.63, 3.8) is 0 Å². The molecule has 3 saturated carbocycles. The maximum absolute atomic E-state index is 12.3. The normalized spacial score (nSPS) is 39.4. The highest BCUT2D eigenvalue weighted by atomic mass is 16.7. The smallest absolute Gasteiger partial charge is 0.434 e. The summed E-state index contributed by atoms with van der Waals surface area (Å²) in [5, 5.41) is 0. The zero-order valence-corrected chi connectivity index (χ0v) is 24.6. The van der Waals surface area contributed by atoms with E-state index in [1.807, 2.05) is 0 Å². The third-order valence-electron chi connectivity index (χ3n) is 11.7. The summed E-state index contributed by atoms with van der Waals surface area (Å²) >= 11 is 0. The fraction of sp³-hybridized carbons (Fsp3) is 0.909. The fourth-order valence-electron chi connectivity index (χ4n) is 9.25. The molecule has 0 amide bonds. The Hall–Kier alpha value is -0.990. The highest BCUT2D eigenvalue weighted by Crippen LogP contribution is 2.67. The number of ether oxygens (including phenoxy) is 2. The second-order valence-corrected chi connectivity index (χ2v) is 14.3. The molecule has 0 aromatic carbocycles. The van der Waals surface area contributed by atoms with E-state index in [9.17, 15) is 4.79 Å². The molecular formula is C33H56O3. The Balaban J connectivity index is 1.38. The zero-order chi connectivity index (χ0) is 26.1. The van der Waals surface area contributed by atoms with Crippen LogP contribution in [-0.4, -0.2) is 18.9 Å². The second kappa shape index (κ2) is 11.4. The van der Waals surface area contributed by atoms with Crippen molar-refractivity contribution in [3.05, 3.63) is 11.6 Å². The molecule has 0 aromatic rings. The van der Waals surface area contributed by atoms with Gasteiger partial charge in [-0.1, -0.05) is 85.8 Å². The van der Waals surface area contributed by atoms with Gasteiger partial charge in [0.15, 0.2) is 0 Å². The molecule has 3 heteroatoms. The molecule has 4 aliphatic carbocycles. The lowest BCUT2D eigenvalue weighted by Crippen LogP contribution is -2.51. The van der Waals surface area contributed by atoms with Gasteiger partial charge >= 0.3 is 6.16 Å². The topological polar surface area (TPSA) is 35.5 Å². The summed E-state index contributed by atoms with van der Waals surface area (Å²) in [7, 11) is 0. The summed E-state index contributed by atoms with van der Waals surface area (Å²) in [6.45, 7) is 17.2. The molecule has 9 atom stereocenters. The Bertz CT molecular complexity index is 786. The molecule has 36 heavy (non-hydrogen) atoms. The molecule has 3 fully saturated rings. The van der Waals surface area contributed by atoms with Crippen LogP contribution in [0.25, 0.3) is 0 Å². The van der Waals surface area contributed by atoms with E-state index in [2.05, 4.69) is 54.5 Å². The molecule has 0 spiro atoms. The van der Waals surface area contributed by atoms with E-state index >= 15 is 0 Å². The minimum Gasteiger partial charge on any atom is -0.434 e. The van der Waals surface area contributed by atoms with Crippen molar-refractivity contribution in [2.75, 3.05) is 6.61 Å². The van der Waals surface area contributed by atoms with Crippen molar-refractivity contribution in [2.24, 2.45) is 52.3 Å². The Kier molecular flexibility index (Phi) is 8.88. The highest BCUT2D eigenvalue weighted by molar-refractivity contribution is 5.60. The van der Waals surface area contributed by atoms with Crippen LogP contribution in [0, 0.1) is 52.3 Å². The molecule has 206 valence electrons. The van der Waals surface area contributed by atoms with Gasteiger partial charge in [-0.15, -0.1) is 0 Å². The van der Waals surface area contributed by atoms with Crippen LogP contribution in [0.3, 0.4) is 0 Å². The maximum atomic E-state index is 12.3. The molecule has 0 radical (unpaired) electrons. The van der Waals surface area contributed by atoms with Crippen LogP contribution in [0.1, 0.15) is 126 Å². The predicted molar refractivity (Wildman–Crippen MR) is 149 cm³/mol. The minimum atomic E-state index is -0.467. The third-order valence-corrected chi connectivity index (χ3v) is 11.7. The van der Waals surface area contributed by atoms with Gasteiger partial charge in [0.05, 0.1) is 6.61 Å². The standard InChI is InChI=1S/C33H56O3/c1-8-23(4)21-35-31(34)36-26-16-18-32(6)25(20-26)12-13-27-29-15-14-28(24(5)11-9-10-22(2)3)33(29,7)19-17-30(27)32/h12,22-24,26-30H,8-11,13-21H2,1-7H3/t23-,24-,26-,27-,28+,29-,30-,32-,33+/m0/s1. The molecule has 0 saturated heterocycles. The first kappa shape index (κ1) is 28.0. The SMILES string of the molecule is CC[C@H](C)COC(=O)O[C@H]1CC[C@@]2(C)C(=CC[C@H]3[C@@H]4CC[C@H]([C@@H](C)CCCC(C)C)[C@@]4(C)CC[C@@H]32)C1. The van der Waals surface area contributed by atoms with Crippen LogP contribution >= 0.6 is 0 Å². The van der Waals surface area contributed by atoms with Crippen molar-refractivity contribution in [2.45, 2.75) is 132 Å². The van der Waals surface area contributed by atoms with Crippen LogP contribution in [0.5, 0.6) is 0 Å². The van der Waals surface area contributed by atoms with Crippen LogP contribution in [0.2, 0.25) is 0 Å². The number of allylic oxidation sites excluding steroid dienone is 1. The Morgan fingerprint density at radius 1 is 1.03 bits per heavy atom. The molecule has 4 rings (SSSR count). The van der Waals surface area contributed by atoms with E-state index < -0.39 is 6.16 Å². The van der Waals surface area contributed by atoms with Crippen molar-refractivity contribution in [1.82, 2.24) is 0 Å². The summed E-state index contributed by atoms with van der Waals surface area (Å²) in [5.74, 6) is 5.56. The second-order valence-electron chi connectivity index (χ2n) is 14.3. The Labute approximate surface area is 222 Å². The van der Waals surface area contributed by atoms with Gasteiger partial charge in [-0.25, -0.2) is 4.79 Å². The van der Waals surface area contributed by atoms with Gasteiger partial charge in [-0.05, 0) is 97.2 Å². The predicted octanol–water partition coefficient (Wildman–Crippen LogP) is 9.60. The van der Waals surface area contributed by atoms with Crippen molar-refractivity contribution in [1.29, 1.82) is 0 Å². The fourth-order valence-corrected chi connectivity index (χ4v) is 9.25. The van der Waals surface area contributed by atoms with Gasteiger partial charge in [0.1, 0.15) is 6.10 Å². The van der Waals surface area contributed by atoms with Gasteiger partial charge in [-0.3, -0.25) is 0 Å². The van der Waals surface area contributed by atoms with Gasteiger partial charge in [-0.2, -0.15) is 0 Å². The first-order chi connectivity index (χ1) is 17.1. The number of rotatable bonds is 9.